The third kappa shape index (κ3) is 2.70. The third-order valence-electron chi connectivity index (χ3n) is 4.75. The van der Waals surface area contributed by atoms with Gasteiger partial charge in [-0.15, -0.1) is 0 Å². The van der Waals surface area contributed by atoms with E-state index in [9.17, 15) is 4.79 Å². The molecule has 1 saturated heterocycles. The molecule has 1 fully saturated rings. The number of furan rings is 1. The van der Waals surface area contributed by atoms with Gasteiger partial charge in [0.2, 0.25) is 5.89 Å². The lowest BCUT2D eigenvalue weighted by Gasteiger charge is -2.37. The van der Waals surface area contributed by atoms with Crippen LogP contribution in [-0.4, -0.2) is 52.5 Å². The normalized spacial score (nSPS) is 18.8. The van der Waals surface area contributed by atoms with Crippen molar-refractivity contribution in [2.75, 3.05) is 26.7 Å². The molecule has 0 bridgehead atoms. The fourth-order valence-corrected chi connectivity index (χ4v) is 3.36. The molecule has 3 aromatic rings. The van der Waals surface area contributed by atoms with E-state index in [2.05, 4.69) is 15.0 Å². The highest BCUT2D eigenvalue weighted by atomic mass is 16.5. The van der Waals surface area contributed by atoms with Crippen molar-refractivity contribution in [3.05, 3.63) is 47.3 Å². The van der Waals surface area contributed by atoms with E-state index in [1.165, 1.54) is 0 Å². The van der Waals surface area contributed by atoms with Crippen molar-refractivity contribution in [2.45, 2.75) is 19.9 Å². The van der Waals surface area contributed by atoms with Gasteiger partial charge in [0.1, 0.15) is 17.4 Å². The second-order valence-electron chi connectivity index (χ2n) is 6.46. The van der Waals surface area contributed by atoms with Gasteiger partial charge in [-0.05, 0) is 27.0 Å². The van der Waals surface area contributed by atoms with Crippen molar-refractivity contribution < 1.29 is 13.7 Å². The van der Waals surface area contributed by atoms with Crippen molar-refractivity contribution in [1.29, 1.82) is 0 Å². The van der Waals surface area contributed by atoms with E-state index in [1.807, 2.05) is 43.1 Å². The number of likely N-dealkylation sites (N-methyl/N-ethyl adjacent to an activating group) is 1. The zero-order valence-electron chi connectivity index (χ0n) is 14.5. The van der Waals surface area contributed by atoms with Crippen LogP contribution in [0.3, 0.4) is 0 Å². The molecule has 4 rings (SSSR count). The predicted molar refractivity (Wildman–Crippen MR) is 91.3 cm³/mol. The number of amides is 1. The summed E-state index contributed by atoms with van der Waals surface area (Å²) < 4.78 is 11.1. The van der Waals surface area contributed by atoms with Gasteiger partial charge in [0.05, 0.1) is 5.56 Å². The first-order chi connectivity index (χ1) is 12.0. The Balaban J connectivity index is 1.64. The van der Waals surface area contributed by atoms with E-state index in [0.717, 1.165) is 17.5 Å². The molecule has 2 aromatic heterocycles. The van der Waals surface area contributed by atoms with E-state index >= 15 is 0 Å². The fraction of sp³-hybridized carbons (Fsp3) is 0.389. The van der Waals surface area contributed by atoms with Crippen LogP contribution < -0.4 is 0 Å². The maximum Gasteiger partial charge on any atom is 0.258 e. The summed E-state index contributed by atoms with van der Waals surface area (Å²) in [5, 5.41) is 4.73. The number of carbonyl (C=O) groups is 1. The average Bonchev–Trinajstić information content (AvgIpc) is 3.17. The van der Waals surface area contributed by atoms with E-state index in [4.69, 9.17) is 8.94 Å². The molecule has 7 heteroatoms. The highest BCUT2D eigenvalue weighted by molar-refractivity contribution is 6.07. The molecule has 1 atom stereocenters. The average molecular weight is 340 g/mol. The van der Waals surface area contributed by atoms with Crippen LogP contribution in [0.5, 0.6) is 0 Å². The molecular weight excluding hydrogens is 320 g/mol. The Bertz CT molecular complexity index is 929. The number of hydrogen-bond acceptors (Lipinski definition) is 6. The number of benzene rings is 1. The minimum atomic E-state index is -0.0997. The molecule has 1 aromatic carbocycles. The monoisotopic (exact) mass is 340 g/mol. The molecule has 0 aliphatic carbocycles. The Hall–Kier alpha value is -2.67. The predicted octanol–water partition coefficient (Wildman–Crippen LogP) is 2.56. The molecule has 1 amide bonds. The minimum Gasteiger partial charge on any atom is -0.461 e. The van der Waals surface area contributed by atoms with Gasteiger partial charge in [0, 0.05) is 25.0 Å². The Morgan fingerprint density at radius 3 is 2.80 bits per heavy atom. The lowest BCUT2D eigenvalue weighted by molar-refractivity contribution is 0.0489. The maximum atomic E-state index is 13.2. The van der Waals surface area contributed by atoms with Crippen molar-refractivity contribution >= 4 is 16.9 Å². The summed E-state index contributed by atoms with van der Waals surface area (Å²) >= 11 is 0. The molecule has 0 saturated carbocycles. The number of fused-ring (bicyclic) bond motifs is 1. The number of piperazine rings is 1. The number of rotatable bonds is 2. The van der Waals surface area contributed by atoms with Gasteiger partial charge >= 0.3 is 0 Å². The van der Waals surface area contributed by atoms with Crippen LogP contribution >= 0.6 is 0 Å². The topological polar surface area (TPSA) is 75.6 Å². The highest BCUT2D eigenvalue weighted by Crippen LogP contribution is 2.29. The lowest BCUT2D eigenvalue weighted by atomic mass is 10.1. The van der Waals surface area contributed by atoms with Crippen LogP contribution in [-0.2, 0) is 0 Å². The smallest absolute Gasteiger partial charge is 0.258 e. The fourth-order valence-electron chi connectivity index (χ4n) is 3.36. The number of para-hydroxylation sites is 1. The summed E-state index contributed by atoms with van der Waals surface area (Å²) in [7, 11) is 2.00. The van der Waals surface area contributed by atoms with Gasteiger partial charge in [-0.1, -0.05) is 23.4 Å². The molecule has 0 radical (unpaired) electrons. The van der Waals surface area contributed by atoms with Crippen molar-refractivity contribution in [1.82, 2.24) is 19.9 Å². The molecule has 3 heterocycles. The van der Waals surface area contributed by atoms with Gasteiger partial charge in [-0.25, -0.2) is 0 Å². The first kappa shape index (κ1) is 15.8. The number of carbonyl (C=O) groups excluding carboxylic acids is 1. The second kappa shape index (κ2) is 6.00. The maximum absolute atomic E-state index is 13.2. The molecule has 130 valence electrons. The molecule has 0 spiro atoms. The summed E-state index contributed by atoms with van der Waals surface area (Å²) in [5.41, 5.74) is 1.38. The number of aryl methyl sites for hydroxylation is 2. The number of hydrogen-bond donors (Lipinski definition) is 0. The van der Waals surface area contributed by atoms with Crippen molar-refractivity contribution in [3.8, 4) is 0 Å². The quantitative estimate of drug-likeness (QED) is 0.714. The van der Waals surface area contributed by atoms with Crippen LogP contribution in [0.4, 0.5) is 0 Å². The molecular formula is C18H20N4O3. The summed E-state index contributed by atoms with van der Waals surface area (Å²) in [6, 6.07) is 7.53. The van der Waals surface area contributed by atoms with E-state index in [1.54, 1.807) is 6.92 Å². The Morgan fingerprint density at radius 2 is 2.04 bits per heavy atom. The summed E-state index contributed by atoms with van der Waals surface area (Å²) in [5.74, 6) is 1.78. The zero-order chi connectivity index (χ0) is 17.6. The lowest BCUT2D eigenvalue weighted by Crippen LogP contribution is -2.49. The summed E-state index contributed by atoms with van der Waals surface area (Å²) in [4.78, 5) is 21.5. The molecule has 1 unspecified atom stereocenters. The first-order valence-corrected chi connectivity index (χ1v) is 8.32. The number of aromatic nitrogens is 2. The molecule has 7 nitrogen and oxygen atoms in total. The summed E-state index contributed by atoms with van der Waals surface area (Å²) in [6.07, 6.45) is 0. The van der Waals surface area contributed by atoms with Crippen LogP contribution in [0.25, 0.3) is 11.0 Å². The molecule has 25 heavy (non-hydrogen) atoms. The van der Waals surface area contributed by atoms with Crippen molar-refractivity contribution in [3.63, 3.8) is 0 Å². The molecule has 1 aliphatic rings. The van der Waals surface area contributed by atoms with E-state index in [-0.39, 0.29) is 11.9 Å². The van der Waals surface area contributed by atoms with E-state index in [0.29, 0.717) is 36.1 Å². The highest BCUT2D eigenvalue weighted by Gasteiger charge is 2.34. The van der Waals surface area contributed by atoms with Gasteiger partial charge in [0.15, 0.2) is 5.82 Å². The second-order valence-corrected chi connectivity index (χ2v) is 6.46. The zero-order valence-corrected chi connectivity index (χ0v) is 14.5. The largest absolute Gasteiger partial charge is 0.461 e. The van der Waals surface area contributed by atoms with Crippen LogP contribution in [0.15, 0.2) is 33.2 Å². The third-order valence-corrected chi connectivity index (χ3v) is 4.75. The minimum absolute atomic E-state index is 0.0169. The van der Waals surface area contributed by atoms with E-state index < -0.39 is 0 Å². The van der Waals surface area contributed by atoms with Crippen molar-refractivity contribution in [2.24, 2.45) is 0 Å². The van der Waals surface area contributed by atoms with Gasteiger partial charge in [-0.2, -0.15) is 4.98 Å². The molecule has 0 N–H and O–H groups in total. The van der Waals surface area contributed by atoms with Gasteiger partial charge in [-0.3, -0.25) is 9.69 Å². The first-order valence-electron chi connectivity index (χ1n) is 8.32. The van der Waals surface area contributed by atoms with Gasteiger partial charge in [0.25, 0.3) is 5.91 Å². The van der Waals surface area contributed by atoms with Crippen LogP contribution in [0.1, 0.15) is 33.9 Å². The standard InChI is InChI=1S/C18H20N4O3/c1-11-16(13-6-4-5-7-15(13)24-11)18(23)22-9-8-21(3)14(10-22)17-19-12(2)20-25-17/h4-7,14H,8-10H2,1-3H3. The van der Waals surface area contributed by atoms with Crippen LogP contribution in [0, 0.1) is 13.8 Å². The SMILES string of the molecule is Cc1noc(C2CN(C(=O)c3c(C)oc4ccccc34)CCN2C)n1. The summed E-state index contributed by atoms with van der Waals surface area (Å²) in [6.45, 7) is 5.53. The Morgan fingerprint density at radius 1 is 1.24 bits per heavy atom. The van der Waals surface area contributed by atoms with Crippen LogP contribution in [0.2, 0.25) is 0 Å². The molecule has 1 aliphatic heterocycles. The number of nitrogens with zero attached hydrogens (tertiary/aromatic N) is 4. The Kier molecular flexibility index (Phi) is 3.80. The van der Waals surface area contributed by atoms with Gasteiger partial charge < -0.3 is 13.8 Å². The Labute approximate surface area is 145 Å².